The molecule has 0 fully saturated rings. The van der Waals surface area contributed by atoms with Crippen molar-refractivity contribution >= 4 is 39.4 Å². The number of halogens is 1. The molecule has 2 unspecified atom stereocenters. The van der Waals surface area contributed by atoms with E-state index in [9.17, 15) is 4.21 Å². The van der Waals surface area contributed by atoms with E-state index in [1.165, 1.54) is 4.88 Å². The van der Waals surface area contributed by atoms with Crippen LogP contribution >= 0.6 is 22.9 Å². The molecule has 3 nitrogen and oxygen atoms in total. The van der Waals surface area contributed by atoms with E-state index in [2.05, 4.69) is 22.3 Å². The maximum absolute atomic E-state index is 11.7. The van der Waals surface area contributed by atoms with Gasteiger partial charge in [-0.15, -0.1) is 11.3 Å². The van der Waals surface area contributed by atoms with Crippen LogP contribution in [0, 0.1) is 0 Å². The van der Waals surface area contributed by atoms with Crippen molar-refractivity contribution in [3.63, 3.8) is 0 Å². The lowest BCUT2D eigenvalue weighted by Crippen LogP contribution is -2.26. The van der Waals surface area contributed by atoms with Gasteiger partial charge in [0.2, 0.25) is 0 Å². The molecule has 0 spiro atoms. The summed E-state index contributed by atoms with van der Waals surface area (Å²) in [4.78, 5) is 1.21. The average Bonchev–Trinajstić information content (AvgIpc) is 3.08. The first-order valence-corrected chi connectivity index (χ1v) is 9.47. The van der Waals surface area contributed by atoms with Crippen molar-refractivity contribution in [2.75, 3.05) is 12.0 Å². The Bertz CT molecular complexity index is 680. The molecule has 2 N–H and O–H groups in total. The van der Waals surface area contributed by atoms with E-state index in [1.807, 2.05) is 30.3 Å². The van der Waals surface area contributed by atoms with Crippen LogP contribution in [-0.2, 0) is 10.8 Å². The van der Waals surface area contributed by atoms with Crippen molar-refractivity contribution in [2.45, 2.75) is 6.04 Å². The van der Waals surface area contributed by atoms with Crippen LogP contribution in [0.15, 0.2) is 47.4 Å². The second kappa shape index (κ2) is 6.32. The fourth-order valence-electron chi connectivity index (χ4n) is 2.40. The molecule has 0 radical (unpaired) electrons. The van der Waals surface area contributed by atoms with Crippen molar-refractivity contribution in [1.82, 2.24) is 10.9 Å². The topological polar surface area (TPSA) is 41.1 Å². The number of hydrogen-bond acceptors (Lipinski definition) is 4. The van der Waals surface area contributed by atoms with Crippen molar-refractivity contribution < 1.29 is 4.21 Å². The van der Waals surface area contributed by atoms with Crippen LogP contribution in [0.1, 0.15) is 16.5 Å². The predicted molar refractivity (Wildman–Crippen MR) is 90.6 cm³/mol. The third-order valence-electron chi connectivity index (χ3n) is 3.33. The summed E-state index contributed by atoms with van der Waals surface area (Å²) in [5, 5.41) is 2.76. The number of hydrazine groups is 1. The summed E-state index contributed by atoms with van der Waals surface area (Å²) in [5.41, 5.74) is 9.71. The third-order valence-corrected chi connectivity index (χ3v) is 5.24. The van der Waals surface area contributed by atoms with Crippen molar-refractivity contribution in [3.8, 4) is 0 Å². The number of hydrogen-bond donors (Lipinski definition) is 2. The molecule has 2 heterocycles. The van der Waals surface area contributed by atoms with Crippen LogP contribution in [0.25, 0.3) is 5.70 Å². The lowest BCUT2D eigenvalue weighted by molar-refractivity contribution is 0.608. The van der Waals surface area contributed by atoms with E-state index in [1.54, 1.807) is 17.6 Å². The van der Waals surface area contributed by atoms with Crippen LogP contribution in [0.4, 0.5) is 0 Å². The maximum Gasteiger partial charge on any atom is 0.0844 e. The molecular formula is C15H15ClN2OS2. The molecule has 0 saturated carbocycles. The zero-order valence-corrected chi connectivity index (χ0v) is 13.8. The molecule has 1 aromatic carbocycles. The van der Waals surface area contributed by atoms with Gasteiger partial charge in [-0.3, -0.25) is 4.21 Å². The number of thiophene rings is 1. The standard InChI is InChI=1S/C15H15ClN2OS2/c1-21(19)9-12-14(10-4-6-11(16)7-5-10)17-18-15(12)13-3-2-8-20-13/h2-8,15,17-18H,9H2,1H3. The highest BCUT2D eigenvalue weighted by molar-refractivity contribution is 7.84. The molecule has 0 amide bonds. The van der Waals surface area contributed by atoms with Crippen molar-refractivity contribution in [3.05, 3.63) is 62.8 Å². The zero-order chi connectivity index (χ0) is 14.8. The Morgan fingerprint density at radius 1 is 1.29 bits per heavy atom. The van der Waals surface area contributed by atoms with Gasteiger partial charge in [-0.05, 0) is 34.7 Å². The highest BCUT2D eigenvalue weighted by atomic mass is 35.5. The fourth-order valence-corrected chi connectivity index (χ4v) is 4.09. The van der Waals surface area contributed by atoms with E-state index in [4.69, 9.17) is 11.6 Å². The largest absolute Gasteiger partial charge is 0.320 e. The number of benzene rings is 1. The van der Waals surface area contributed by atoms with Crippen molar-refractivity contribution in [1.29, 1.82) is 0 Å². The van der Waals surface area contributed by atoms with Crippen LogP contribution in [0.2, 0.25) is 5.02 Å². The molecule has 0 aliphatic carbocycles. The van der Waals surface area contributed by atoms with Gasteiger partial charge in [0.05, 0.1) is 11.7 Å². The van der Waals surface area contributed by atoms with E-state index in [-0.39, 0.29) is 6.04 Å². The molecule has 1 aliphatic rings. The minimum Gasteiger partial charge on any atom is -0.320 e. The molecule has 3 rings (SSSR count). The monoisotopic (exact) mass is 338 g/mol. The van der Waals surface area contributed by atoms with Crippen LogP contribution in [0.3, 0.4) is 0 Å². The van der Waals surface area contributed by atoms with Gasteiger partial charge in [-0.25, -0.2) is 5.43 Å². The highest BCUT2D eigenvalue weighted by Crippen LogP contribution is 2.34. The fraction of sp³-hybridized carbons (Fsp3) is 0.200. The smallest absolute Gasteiger partial charge is 0.0844 e. The van der Waals surface area contributed by atoms with E-state index >= 15 is 0 Å². The number of nitrogens with one attached hydrogen (secondary N) is 2. The molecular weight excluding hydrogens is 324 g/mol. The molecule has 0 saturated heterocycles. The predicted octanol–water partition coefficient (Wildman–Crippen LogP) is 3.34. The van der Waals surface area contributed by atoms with Gasteiger partial charge >= 0.3 is 0 Å². The van der Waals surface area contributed by atoms with Gasteiger partial charge in [-0.2, -0.15) is 0 Å². The normalized spacial score (nSPS) is 19.6. The molecule has 0 bridgehead atoms. The first-order valence-electron chi connectivity index (χ1n) is 6.49. The minimum atomic E-state index is -0.896. The van der Waals surface area contributed by atoms with Crippen LogP contribution < -0.4 is 10.9 Å². The highest BCUT2D eigenvalue weighted by Gasteiger charge is 2.28. The summed E-state index contributed by atoms with van der Waals surface area (Å²) in [6, 6.07) is 11.9. The van der Waals surface area contributed by atoms with Gasteiger partial charge in [-0.1, -0.05) is 29.8 Å². The molecule has 110 valence electrons. The van der Waals surface area contributed by atoms with Gasteiger partial charge in [0, 0.05) is 32.7 Å². The average molecular weight is 339 g/mol. The number of rotatable bonds is 4. The van der Waals surface area contributed by atoms with E-state index in [0.717, 1.165) is 16.8 Å². The van der Waals surface area contributed by atoms with Crippen molar-refractivity contribution in [2.24, 2.45) is 0 Å². The first kappa shape index (κ1) is 14.8. The Morgan fingerprint density at radius 2 is 2.05 bits per heavy atom. The molecule has 21 heavy (non-hydrogen) atoms. The first-order chi connectivity index (χ1) is 10.1. The molecule has 1 aromatic heterocycles. The Hall–Kier alpha value is -1.14. The Labute approximate surface area is 135 Å². The second-order valence-corrected chi connectivity index (χ2v) is 7.69. The molecule has 2 atom stereocenters. The lowest BCUT2D eigenvalue weighted by atomic mass is 10.0. The Kier molecular flexibility index (Phi) is 4.45. The summed E-state index contributed by atoms with van der Waals surface area (Å²) in [6.07, 6.45) is 1.73. The Balaban J connectivity index is 2.02. The summed E-state index contributed by atoms with van der Waals surface area (Å²) < 4.78 is 11.7. The second-order valence-electron chi connectivity index (χ2n) is 4.84. The Morgan fingerprint density at radius 3 is 2.67 bits per heavy atom. The maximum atomic E-state index is 11.7. The summed E-state index contributed by atoms with van der Waals surface area (Å²) in [5.74, 6) is 0.542. The van der Waals surface area contributed by atoms with Gasteiger partial charge in [0.1, 0.15) is 0 Å². The van der Waals surface area contributed by atoms with E-state index < -0.39 is 10.8 Å². The molecule has 1 aliphatic heterocycles. The van der Waals surface area contributed by atoms with Gasteiger partial charge in [0.25, 0.3) is 0 Å². The lowest BCUT2D eigenvalue weighted by Gasteiger charge is -2.11. The summed E-state index contributed by atoms with van der Waals surface area (Å²) >= 11 is 7.64. The molecule has 6 heteroatoms. The summed E-state index contributed by atoms with van der Waals surface area (Å²) in [6.45, 7) is 0. The summed E-state index contributed by atoms with van der Waals surface area (Å²) in [7, 11) is -0.896. The van der Waals surface area contributed by atoms with Crippen LogP contribution in [0.5, 0.6) is 0 Å². The zero-order valence-electron chi connectivity index (χ0n) is 11.4. The third kappa shape index (κ3) is 3.21. The van der Waals surface area contributed by atoms with Gasteiger partial charge in [0.15, 0.2) is 0 Å². The minimum absolute atomic E-state index is 0.0691. The SMILES string of the molecule is CS(=O)CC1=C(c2ccc(Cl)cc2)NNC1c1cccs1. The van der Waals surface area contributed by atoms with E-state index in [0.29, 0.717) is 10.8 Å². The molecule has 2 aromatic rings. The van der Waals surface area contributed by atoms with Crippen LogP contribution in [-0.4, -0.2) is 16.2 Å². The van der Waals surface area contributed by atoms with Gasteiger partial charge < -0.3 is 5.43 Å². The quantitative estimate of drug-likeness (QED) is 0.898.